The fourth-order valence-corrected chi connectivity index (χ4v) is 1.50. The summed E-state index contributed by atoms with van der Waals surface area (Å²) in [5.74, 6) is -1.60. The second kappa shape index (κ2) is 5.78. The zero-order valence-corrected chi connectivity index (χ0v) is 8.98. The molecule has 2 N–H and O–H groups in total. The molecule has 0 amide bonds. The van der Waals surface area contributed by atoms with Gasteiger partial charge < -0.3 is 10.6 Å². The van der Waals surface area contributed by atoms with Gasteiger partial charge in [-0.1, -0.05) is 6.07 Å². The molecular weight excluding hydrogens is 198 g/mol. The quantitative estimate of drug-likeness (QED) is 0.781. The first-order valence-corrected chi connectivity index (χ1v) is 4.96. The largest absolute Gasteiger partial charge is 0.320 e. The third-order valence-corrected chi connectivity index (χ3v) is 2.38. The van der Waals surface area contributed by atoms with E-state index in [9.17, 15) is 8.78 Å². The highest BCUT2D eigenvalue weighted by molar-refractivity contribution is 5.21. The molecule has 0 radical (unpaired) electrons. The molecule has 0 aliphatic heterocycles. The van der Waals surface area contributed by atoms with Gasteiger partial charge in [0.15, 0.2) is 11.6 Å². The minimum atomic E-state index is -0.804. The van der Waals surface area contributed by atoms with E-state index in [2.05, 4.69) is 10.6 Å². The zero-order valence-electron chi connectivity index (χ0n) is 8.98. The molecule has 0 saturated heterocycles. The SMILES string of the molecule is CNCCC(NC)c1ccc(F)c(F)c1. The predicted molar refractivity (Wildman–Crippen MR) is 56.7 cm³/mol. The van der Waals surface area contributed by atoms with Crippen molar-refractivity contribution >= 4 is 0 Å². The molecular formula is C11H16F2N2. The molecule has 0 aliphatic rings. The Labute approximate surface area is 88.7 Å². The number of halogens is 2. The first kappa shape index (κ1) is 12.1. The van der Waals surface area contributed by atoms with Crippen LogP contribution in [0.15, 0.2) is 18.2 Å². The summed E-state index contributed by atoms with van der Waals surface area (Å²) in [4.78, 5) is 0. The Balaban J connectivity index is 2.78. The second-order valence-electron chi connectivity index (χ2n) is 3.41. The molecule has 0 aliphatic carbocycles. The van der Waals surface area contributed by atoms with Gasteiger partial charge in [-0.25, -0.2) is 8.78 Å². The van der Waals surface area contributed by atoms with Crippen LogP contribution in [-0.2, 0) is 0 Å². The summed E-state index contributed by atoms with van der Waals surface area (Å²) >= 11 is 0. The number of hydrogen-bond acceptors (Lipinski definition) is 2. The summed E-state index contributed by atoms with van der Waals surface area (Å²) in [6, 6.07) is 4.06. The Hall–Kier alpha value is -1.00. The van der Waals surface area contributed by atoms with Crippen molar-refractivity contribution in [1.29, 1.82) is 0 Å². The van der Waals surface area contributed by atoms with Crippen LogP contribution in [0.25, 0.3) is 0 Å². The van der Waals surface area contributed by atoms with Crippen molar-refractivity contribution in [3.05, 3.63) is 35.4 Å². The molecule has 0 bridgehead atoms. The molecule has 1 atom stereocenters. The molecule has 0 fully saturated rings. The van der Waals surface area contributed by atoms with E-state index < -0.39 is 11.6 Å². The molecule has 1 unspecified atom stereocenters. The summed E-state index contributed by atoms with van der Waals surface area (Å²) in [6.07, 6.45) is 0.831. The van der Waals surface area contributed by atoms with Crippen molar-refractivity contribution in [2.45, 2.75) is 12.5 Å². The van der Waals surface area contributed by atoms with E-state index in [1.165, 1.54) is 6.07 Å². The van der Waals surface area contributed by atoms with Crippen molar-refractivity contribution in [3.8, 4) is 0 Å². The van der Waals surface area contributed by atoms with Gasteiger partial charge in [0.2, 0.25) is 0 Å². The van der Waals surface area contributed by atoms with E-state index in [1.54, 1.807) is 6.07 Å². The number of benzene rings is 1. The standard InChI is InChI=1S/C11H16F2N2/c1-14-6-5-11(15-2)8-3-4-9(12)10(13)7-8/h3-4,7,11,14-15H,5-6H2,1-2H3. The van der Waals surface area contributed by atoms with Gasteiger partial charge in [0.25, 0.3) is 0 Å². The summed E-state index contributed by atoms with van der Waals surface area (Å²) in [6.45, 7) is 0.824. The van der Waals surface area contributed by atoms with Crippen LogP contribution in [0.1, 0.15) is 18.0 Å². The van der Waals surface area contributed by atoms with Crippen molar-refractivity contribution in [2.24, 2.45) is 0 Å². The average Bonchev–Trinajstić information content (AvgIpc) is 2.24. The Morgan fingerprint density at radius 2 is 1.93 bits per heavy atom. The van der Waals surface area contributed by atoms with Crippen LogP contribution in [0.2, 0.25) is 0 Å². The summed E-state index contributed by atoms with van der Waals surface area (Å²) in [7, 11) is 3.67. The number of nitrogens with one attached hydrogen (secondary N) is 2. The van der Waals surface area contributed by atoms with Crippen LogP contribution < -0.4 is 10.6 Å². The average molecular weight is 214 g/mol. The van der Waals surface area contributed by atoms with Crippen molar-refractivity contribution in [2.75, 3.05) is 20.6 Å². The maximum atomic E-state index is 13.0. The van der Waals surface area contributed by atoms with E-state index in [-0.39, 0.29) is 6.04 Å². The molecule has 1 rings (SSSR count). The molecule has 0 heterocycles. The highest BCUT2D eigenvalue weighted by Crippen LogP contribution is 2.18. The monoisotopic (exact) mass is 214 g/mol. The van der Waals surface area contributed by atoms with Gasteiger partial charge in [0.1, 0.15) is 0 Å². The molecule has 0 aromatic heterocycles. The van der Waals surface area contributed by atoms with Crippen LogP contribution in [0.4, 0.5) is 8.78 Å². The van der Waals surface area contributed by atoms with Crippen molar-refractivity contribution in [1.82, 2.24) is 10.6 Å². The molecule has 0 saturated carbocycles. The third-order valence-electron chi connectivity index (χ3n) is 2.38. The molecule has 0 spiro atoms. The van der Waals surface area contributed by atoms with Crippen LogP contribution in [-0.4, -0.2) is 20.6 Å². The number of hydrogen-bond donors (Lipinski definition) is 2. The van der Waals surface area contributed by atoms with Gasteiger partial charge in [-0.15, -0.1) is 0 Å². The maximum Gasteiger partial charge on any atom is 0.159 e. The van der Waals surface area contributed by atoms with Gasteiger partial charge in [-0.3, -0.25) is 0 Å². The van der Waals surface area contributed by atoms with Gasteiger partial charge in [0, 0.05) is 6.04 Å². The maximum absolute atomic E-state index is 13.0. The lowest BCUT2D eigenvalue weighted by atomic mass is 10.0. The van der Waals surface area contributed by atoms with Crippen LogP contribution in [0, 0.1) is 11.6 Å². The van der Waals surface area contributed by atoms with E-state index in [4.69, 9.17) is 0 Å². The molecule has 1 aromatic carbocycles. The molecule has 4 heteroatoms. The van der Waals surface area contributed by atoms with Gasteiger partial charge in [0.05, 0.1) is 0 Å². The topological polar surface area (TPSA) is 24.1 Å². The van der Waals surface area contributed by atoms with Crippen LogP contribution in [0.3, 0.4) is 0 Å². The van der Waals surface area contributed by atoms with Gasteiger partial charge >= 0.3 is 0 Å². The number of rotatable bonds is 5. The molecule has 1 aromatic rings. The fraction of sp³-hybridized carbons (Fsp3) is 0.455. The lowest BCUT2D eigenvalue weighted by Crippen LogP contribution is -2.21. The minimum Gasteiger partial charge on any atom is -0.320 e. The highest BCUT2D eigenvalue weighted by Gasteiger charge is 2.11. The lowest BCUT2D eigenvalue weighted by Gasteiger charge is -2.16. The predicted octanol–water partition coefficient (Wildman–Crippen LogP) is 1.83. The molecule has 84 valence electrons. The zero-order chi connectivity index (χ0) is 11.3. The van der Waals surface area contributed by atoms with Crippen LogP contribution >= 0.6 is 0 Å². The van der Waals surface area contributed by atoms with E-state index in [1.807, 2.05) is 14.1 Å². The third kappa shape index (κ3) is 3.25. The summed E-state index contributed by atoms with van der Waals surface area (Å²) in [5.41, 5.74) is 0.770. The van der Waals surface area contributed by atoms with Crippen molar-refractivity contribution < 1.29 is 8.78 Å². The Bertz CT molecular complexity index is 315. The Morgan fingerprint density at radius 1 is 1.20 bits per heavy atom. The minimum absolute atomic E-state index is 0.0487. The Kier molecular flexibility index (Phi) is 4.65. The normalized spacial score (nSPS) is 12.8. The Morgan fingerprint density at radius 3 is 2.47 bits per heavy atom. The van der Waals surface area contributed by atoms with Gasteiger partial charge in [-0.2, -0.15) is 0 Å². The molecule has 15 heavy (non-hydrogen) atoms. The second-order valence-corrected chi connectivity index (χ2v) is 3.41. The summed E-state index contributed by atoms with van der Waals surface area (Å²) in [5, 5.41) is 6.09. The first-order valence-electron chi connectivity index (χ1n) is 4.96. The van der Waals surface area contributed by atoms with Gasteiger partial charge in [-0.05, 0) is 44.8 Å². The van der Waals surface area contributed by atoms with E-state index in [0.717, 1.165) is 24.6 Å². The smallest absolute Gasteiger partial charge is 0.159 e. The van der Waals surface area contributed by atoms with Crippen LogP contribution in [0.5, 0.6) is 0 Å². The van der Waals surface area contributed by atoms with Crippen molar-refractivity contribution in [3.63, 3.8) is 0 Å². The lowest BCUT2D eigenvalue weighted by molar-refractivity contribution is 0.494. The summed E-state index contributed by atoms with van der Waals surface area (Å²) < 4.78 is 25.7. The molecule has 2 nitrogen and oxygen atoms in total. The first-order chi connectivity index (χ1) is 7.19. The van der Waals surface area contributed by atoms with E-state index in [0.29, 0.717) is 0 Å². The highest BCUT2D eigenvalue weighted by atomic mass is 19.2. The van der Waals surface area contributed by atoms with E-state index >= 15 is 0 Å². The fourth-order valence-electron chi connectivity index (χ4n) is 1.50.